The minimum atomic E-state index is -0.578. The van der Waals surface area contributed by atoms with Gasteiger partial charge in [-0.25, -0.2) is 0 Å². The first kappa shape index (κ1) is 18.4. The van der Waals surface area contributed by atoms with Gasteiger partial charge in [0.05, 0.1) is 13.7 Å². The molecule has 0 aromatic heterocycles. The number of carbonyl (C=O) groups is 1. The predicted octanol–water partition coefficient (Wildman–Crippen LogP) is 1.27. The molecule has 0 aliphatic rings. The number of likely N-dealkylation sites (N-methyl/N-ethyl adjacent to an activating group) is 2. The summed E-state index contributed by atoms with van der Waals surface area (Å²) in [7, 11) is 7.04. The first-order valence-electron chi connectivity index (χ1n) is 6.87. The van der Waals surface area contributed by atoms with E-state index in [0.29, 0.717) is 6.04 Å². The molecule has 0 amide bonds. The molecule has 0 aliphatic carbocycles. The van der Waals surface area contributed by atoms with Gasteiger partial charge < -0.3 is 19.7 Å². The molecule has 2 atom stereocenters. The maximum Gasteiger partial charge on any atom is 0.325 e. The number of esters is 1. The number of unbranched alkanes of at least 4 members (excludes halogenated alkanes) is 1. The van der Waals surface area contributed by atoms with E-state index in [0.717, 1.165) is 32.4 Å². The summed E-state index contributed by atoms with van der Waals surface area (Å²) in [6.45, 7) is 5.78. The number of carbonyl (C=O) groups excluding carboxylic acids is 1. The molecular formula is C14H30N2O3. The van der Waals surface area contributed by atoms with Crippen LogP contribution in [0.1, 0.15) is 33.1 Å². The van der Waals surface area contributed by atoms with Crippen molar-refractivity contribution in [1.82, 2.24) is 10.2 Å². The van der Waals surface area contributed by atoms with Gasteiger partial charge in [-0.05, 0) is 53.8 Å². The molecule has 0 aliphatic heterocycles. The molecule has 19 heavy (non-hydrogen) atoms. The van der Waals surface area contributed by atoms with E-state index in [4.69, 9.17) is 9.47 Å². The summed E-state index contributed by atoms with van der Waals surface area (Å²) in [5, 5.41) is 3.05. The van der Waals surface area contributed by atoms with Gasteiger partial charge in [-0.3, -0.25) is 4.79 Å². The summed E-state index contributed by atoms with van der Waals surface area (Å²) >= 11 is 0. The van der Waals surface area contributed by atoms with Crippen LogP contribution < -0.4 is 5.32 Å². The SMILES string of the molecule is CNC(C)(CCCCN(C)C(C)COC)C(=O)OC. The van der Waals surface area contributed by atoms with E-state index in [-0.39, 0.29) is 5.97 Å². The lowest BCUT2D eigenvalue weighted by Gasteiger charge is -2.27. The third kappa shape index (κ3) is 6.36. The molecule has 5 nitrogen and oxygen atoms in total. The zero-order chi connectivity index (χ0) is 14.9. The quantitative estimate of drug-likeness (QED) is 0.480. The van der Waals surface area contributed by atoms with Crippen molar-refractivity contribution in [2.24, 2.45) is 0 Å². The molecule has 0 aromatic carbocycles. The zero-order valence-corrected chi connectivity index (χ0v) is 13.3. The van der Waals surface area contributed by atoms with Crippen LogP contribution in [0.15, 0.2) is 0 Å². The fourth-order valence-corrected chi connectivity index (χ4v) is 1.98. The Labute approximate surface area is 117 Å². The van der Waals surface area contributed by atoms with Crippen molar-refractivity contribution in [3.63, 3.8) is 0 Å². The average molecular weight is 274 g/mol. The Morgan fingerprint density at radius 1 is 1.37 bits per heavy atom. The van der Waals surface area contributed by atoms with Crippen molar-refractivity contribution < 1.29 is 14.3 Å². The van der Waals surface area contributed by atoms with Crippen LogP contribution >= 0.6 is 0 Å². The second-order valence-corrected chi connectivity index (χ2v) is 5.32. The maximum absolute atomic E-state index is 11.7. The van der Waals surface area contributed by atoms with Gasteiger partial charge in [0.1, 0.15) is 5.54 Å². The fourth-order valence-electron chi connectivity index (χ4n) is 1.98. The van der Waals surface area contributed by atoms with E-state index in [1.54, 1.807) is 14.2 Å². The topological polar surface area (TPSA) is 50.8 Å². The summed E-state index contributed by atoms with van der Waals surface area (Å²) in [5.74, 6) is -0.198. The average Bonchev–Trinajstić information content (AvgIpc) is 2.42. The zero-order valence-electron chi connectivity index (χ0n) is 13.3. The van der Waals surface area contributed by atoms with Crippen LogP contribution in [0, 0.1) is 0 Å². The van der Waals surface area contributed by atoms with Crippen LogP contribution in [0.5, 0.6) is 0 Å². The Morgan fingerprint density at radius 3 is 2.47 bits per heavy atom. The van der Waals surface area contributed by atoms with Gasteiger partial charge >= 0.3 is 5.97 Å². The molecule has 0 aromatic rings. The van der Waals surface area contributed by atoms with Crippen LogP contribution in [0.25, 0.3) is 0 Å². The van der Waals surface area contributed by atoms with Crippen molar-refractivity contribution in [3.05, 3.63) is 0 Å². The fraction of sp³-hybridized carbons (Fsp3) is 0.929. The monoisotopic (exact) mass is 274 g/mol. The molecule has 0 rings (SSSR count). The Balaban J connectivity index is 3.99. The molecule has 0 bridgehead atoms. The minimum Gasteiger partial charge on any atom is -0.468 e. The third-order valence-corrected chi connectivity index (χ3v) is 3.79. The summed E-state index contributed by atoms with van der Waals surface area (Å²) in [6, 6.07) is 0.418. The van der Waals surface area contributed by atoms with E-state index < -0.39 is 5.54 Å². The number of nitrogens with zero attached hydrogens (tertiary/aromatic N) is 1. The van der Waals surface area contributed by atoms with Crippen molar-refractivity contribution in [2.45, 2.75) is 44.7 Å². The van der Waals surface area contributed by atoms with Gasteiger partial charge in [0.25, 0.3) is 0 Å². The third-order valence-electron chi connectivity index (χ3n) is 3.79. The van der Waals surface area contributed by atoms with Gasteiger partial charge in [0.2, 0.25) is 0 Å². The van der Waals surface area contributed by atoms with E-state index >= 15 is 0 Å². The van der Waals surface area contributed by atoms with Gasteiger partial charge in [0.15, 0.2) is 0 Å². The van der Waals surface area contributed by atoms with Crippen molar-refractivity contribution >= 4 is 5.97 Å². The first-order valence-corrected chi connectivity index (χ1v) is 6.87. The van der Waals surface area contributed by atoms with E-state index in [1.807, 2.05) is 6.92 Å². The number of hydrogen-bond donors (Lipinski definition) is 1. The van der Waals surface area contributed by atoms with E-state index in [1.165, 1.54) is 7.11 Å². The molecule has 2 unspecified atom stereocenters. The molecule has 0 radical (unpaired) electrons. The van der Waals surface area contributed by atoms with Crippen LogP contribution in [0.2, 0.25) is 0 Å². The van der Waals surface area contributed by atoms with Gasteiger partial charge in [0, 0.05) is 13.2 Å². The van der Waals surface area contributed by atoms with Gasteiger partial charge in [-0.1, -0.05) is 0 Å². The van der Waals surface area contributed by atoms with Crippen molar-refractivity contribution in [2.75, 3.05) is 41.5 Å². The van der Waals surface area contributed by atoms with Gasteiger partial charge in [-0.2, -0.15) is 0 Å². The normalized spacial score (nSPS) is 16.2. The van der Waals surface area contributed by atoms with Crippen LogP contribution in [-0.4, -0.2) is 63.9 Å². The molecule has 0 spiro atoms. The number of hydrogen-bond acceptors (Lipinski definition) is 5. The minimum absolute atomic E-state index is 0.198. The smallest absolute Gasteiger partial charge is 0.325 e. The number of nitrogens with one attached hydrogen (secondary N) is 1. The predicted molar refractivity (Wildman–Crippen MR) is 77.3 cm³/mol. The second-order valence-electron chi connectivity index (χ2n) is 5.32. The van der Waals surface area contributed by atoms with E-state index in [9.17, 15) is 4.79 Å². The highest BCUT2D eigenvalue weighted by Gasteiger charge is 2.31. The molecule has 1 N–H and O–H groups in total. The number of ether oxygens (including phenoxy) is 2. The molecular weight excluding hydrogens is 244 g/mol. The Kier molecular flexibility index (Phi) is 8.97. The summed E-state index contributed by atoms with van der Waals surface area (Å²) in [4.78, 5) is 14.0. The maximum atomic E-state index is 11.7. The van der Waals surface area contributed by atoms with Crippen LogP contribution in [0.3, 0.4) is 0 Å². The number of rotatable bonds is 10. The first-order chi connectivity index (χ1) is 8.91. The number of methoxy groups -OCH3 is 2. The lowest BCUT2D eigenvalue weighted by atomic mass is 9.95. The second kappa shape index (κ2) is 9.28. The highest BCUT2D eigenvalue weighted by Crippen LogP contribution is 2.15. The highest BCUT2D eigenvalue weighted by atomic mass is 16.5. The summed E-state index contributed by atoms with van der Waals surface area (Å²) in [5.41, 5.74) is -0.578. The molecule has 0 fully saturated rings. The molecule has 0 saturated heterocycles. The Bertz CT molecular complexity index is 261. The lowest BCUT2D eigenvalue weighted by Crippen LogP contribution is -2.48. The summed E-state index contributed by atoms with van der Waals surface area (Å²) in [6.07, 6.45) is 2.82. The molecule has 0 saturated carbocycles. The molecule has 0 heterocycles. The standard InChI is InChI=1S/C14H30N2O3/c1-12(11-18-5)16(4)10-8-7-9-14(2,15-3)13(17)19-6/h12,15H,7-11H2,1-6H3. The van der Waals surface area contributed by atoms with Crippen molar-refractivity contribution in [1.29, 1.82) is 0 Å². The molecule has 114 valence electrons. The molecule has 5 heteroatoms. The Morgan fingerprint density at radius 2 is 2.00 bits per heavy atom. The van der Waals surface area contributed by atoms with Gasteiger partial charge in [-0.15, -0.1) is 0 Å². The van der Waals surface area contributed by atoms with Crippen LogP contribution in [-0.2, 0) is 14.3 Å². The highest BCUT2D eigenvalue weighted by molar-refractivity contribution is 5.80. The lowest BCUT2D eigenvalue weighted by molar-refractivity contribution is -0.148. The summed E-state index contributed by atoms with van der Waals surface area (Å²) < 4.78 is 9.96. The van der Waals surface area contributed by atoms with Crippen LogP contribution in [0.4, 0.5) is 0 Å². The Hall–Kier alpha value is -0.650. The van der Waals surface area contributed by atoms with E-state index in [2.05, 4.69) is 24.2 Å². The largest absolute Gasteiger partial charge is 0.468 e. The van der Waals surface area contributed by atoms with Crippen molar-refractivity contribution in [3.8, 4) is 0 Å².